The molecule has 0 aliphatic heterocycles. The quantitative estimate of drug-likeness (QED) is 0.0786. The number of carbonyl (C=O) groups is 2. The molecule has 0 fully saturated rings. The maximum Gasteiger partial charge on any atom is 0.338 e. The predicted molar refractivity (Wildman–Crippen MR) is 195 cm³/mol. The summed E-state index contributed by atoms with van der Waals surface area (Å²) in [5, 5.41) is 3.43. The summed E-state index contributed by atoms with van der Waals surface area (Å²) >= 11 is 0. The van der Waals surface area contributed by atoms with Gasteiger partial charge < -0.3 is 30.5 Å². The molecule has 2 heterocycles. The first kappa shape index (κ1) is 43.5. The van der Waals surface area contributed by atoms with Crippen LogP contribution in [-0.2, 0) is 9.47 Å². The predicted octanol–water partition coefficient (Wildman–Crippen LogP) is 3.73. The molecule has 0 saturated heterocycles. The molecule has 3 rings (SSSR count). The van der Waals surface area contributed by atoms with Crippen LogP contribution >= 0.6 is 21.6 Å². The Bertz CT molecular complexity index is 868. The molecule has 0 bridgehead atoms. The summed E-state index contributed by atoms with van der Waals surface area (Å²) in [5.41, 5.74) is 5.85. The number of carbonyl (C=O) groups excluding carboxylic acids is 2. The molecule has 244 valence electrons. The second kappa shape index (κ2) is 36.6. The number of hydrogen-bond acceptors (Lipinski definition) is 10. The standard InChI is InChI=1S/C12H14O4.C9H22N2S2.2C3H4N2.C2H9B3/c1-3-15-11(13)9-7-5-6-8-10(9)12(14)16-4-2;1-2-3-4-6-11-7-9-13-12-8-5-10;2*1-2-5-3-4-1;1-2-4-5-3/h5-8H,3-4H2,1-2H3;11H,2-10H2,1H3;2*1-3H,(H,4,5);4-5H,2-3H2,1H3. The Kier molecular flexibility index (Phi) is 36.2. The summed E-state index contributed by atoms with van der Waals surface area (Å²) < 4.78 is 9.70. The molecule has 0 radical (unpaired) electrons. The Morgan fingerprint density at radius 2 is 1.43 bits per heavy atom. The summed E-state index contributed by atoms with van der Waals surface area (Å²) in [6.45, 7) is 11.5. The lowest BCUT2D eigenvalue weighted by molar-refractivity contribution is 0.0479. The topological polar surface area (TPSA) is 148 Å². The van der Waals surface area contributed by atoms with Gasteiger partial charge in [0.25, 0.3) is 0 Å². The van der Waals surface area contributed by atoms with Crippen molar-refractivity contribution in [1.82, 2.24) is 25.3 Å². The van der Waals surface area contributed by atoms with Gasteiger partial charge >= 0.3 is 11.9 Å². The van der Waals surface area contributed by atoms with Crippen molar-refractivity contribution in [1.29, 1.82) is 0 Å². The number of nitrogens with zero attached hydrogens (tertiary/aromatic N) is 2. The van der Waals surface area contributed by atoms with Crippen molar-refractivity contribution in [2.24, 2.45) is 5.73 Å². The van der Waals surface area contributed by atoms with Gasteiger partial charge in [-0.15, -0.1) is 0 Å². The molecule has 2 aromatic heterocycles. The molecule has 0 aliphatic carbocycles. The van der Waals surface area contributed by atoms with Gasteiger partial charge in [-0.25, -0.2) is 19.6 Å². The van der Waals surface area contributed by atoms with Gasteiger partial charge in [-0.05, 0) is 38.9 Å². The number of nitrogens with one attached hydrogen (secondary N) is 3. The lowest BCUT2D eigenvalue weighted by atomic mass is 9.27. The third-order valence-electron chi connectivity index (χ3n) is 5.04. The van der Waals surface area contributed by atoms with E-state index in [1.807, 2.05) is 21.6 Å². The molecule has 0 spiro atoms. The van der Waals surface area contributed by atoms with Crippen molar-refractivity contribution in [3.8, 4) is 0 Å². The minimum absolute atomic E-state index is 0.239. The number of imidazole rings is 2. The molecule has 0 amide bonds. The zero-order valence-electron chi connectivity index (χ0n) is 27.4. The summed E-state index contributed by atoms with van der Waals surface area (Å²) in [6.07, 6.45) is 15.5. The van der Waals surface area contributed by atoms with Crippen LogP contribution in [0.3, 0.4) is 0 Å². The zero-order chi connectivity index (χ0) is 32.9. The molecule has 0 atom stereocenters. The van der Waals surface area contributed by atoms with Gasteiger partial charge in [-0.3, -0.25) is 0 Å². The second-order valence-corrected chi connectivity index (χ2v) is 11.5. The van der Waals surface area contributed by atoms with Gasteiger partial charge in [0.15, 0.2) is 0 Å². The van der Waals surface area contributed by atoms with Crippen LogP contribution in [0.25, 0.3) is 0 Å². The fourth-order valence-corrected chi connectivity index (χ4v) is 4.75. The van der Waals surface area contributed by atoms with E-state index in [1.54, 1.807) is 75.6 Å². The van der Waals surface area contributed by atoms with Crippen LogP contribution in [0.1, 0.15) is 67.7 Å². The smallest absolute Gasteiger partial charge is 0.338 e. The monoisotopic (exact) mass is 646 g/mol. The number of aromatic nitrogens is 4. The Hall–Kier alpha value is -2.61. The van der Waals surface area contributed by atoms with Gasteiger partial charge in [0.1, 0.15) is 0 Å². The normalized spacial score (nSPS) is 9.20. The number of hydrogen-bond donors (Lipinski definition) is 4. The molecule has 3 aromatic rings. The minimum Gasteiger partial charge on any atom is -0.462 e. The largest absolute Gasteiger partial charge is 0.462 e. The summed E-state index contributed by atoms with van der Waals surface area (Å²) in [4.78, 5) is 35.9. The average Bonchev–Trinajstić information content (AvgIpc) is 3.82. The van der Waals surface area contributed by atoms with Crippen molar-refractivity contribution >= 4 is 55.5 Å². The van der Waals surface area contributed by atoms with E-state index in [4.69, 9.17) is 15.2 Å². The molecule has 0 unspecified atom stereocenters. The third kappa shape index (κ3) is 29.5. The average molecular weight is 646 g/mol. The zero-order valence-corrected chi connectivity index (χ0v) is 29.0. The van der Waals surface area contributed by atoms with Crippen molar-refractivity contribution in [3.05, 3.63) is 72.8 Å². The number of esters is 2. The fraction of sp³-hybridized carbons (Fsp3) is 0.517. The van der Waals surface area contributed by atoms with Gasteiger partial charge in [0.2, 0.25) is 0 Å². The maximum atomic E-state index is 11.5. The number of rotatable bonds is 16. The van der Waals surface area contributed by atoms with Crippen LogP contribution in [0.5, 0.6) is 0 Å². The van der Waals surface area contributed by atoms with Crippen LogP contribution < -0.4 is 11.1 Å². The molecule has 10 nitrogen and oxygen atoms in total. The second-order valence-electron chi connectivity index (χ2n) is 8.75. The lowest BCUT2D eigenvalue weighted by Crippen LogP contribution is -2.18. The number of benzene rings is 1. The first-order chi connectivity index (χ1) is 21.5. The maximum absolute atomic E-state index is 11.5. The first-order valence-electron chi connectivity index (χ1n) is 15.5. The van der Waals surface area contributed by atoms with Gasteiger partial charge in [0.05, 0.1) is 59.0 Å². The minimum atomic E-state index is -0.508. The van der Waals surface area contributed by atoms with Crippen molar-refractivity contribution in [2.45, 2.75) is 53.3 Å². The van der Waals surface area contributed by atoms with Gasteiger partial charge in [-0.1, -0.05) is 66.7 Å². The SMILES string of the molecule is BBBCC.CCCCCNCCSSCCN.CCOC(=O)c1ccccc1C(=O)OCC.c1c[nH]cn1.c1c[nH]cn1. The fourth-order valence-electron chi connectivity index (χ4n) is 2.95. The first-order valence-corrected chi connectivity index (χ1v) is 18.0. The van der Waals surface area contributed by atoms with Gasteiger partial charge in [0, 0.05) is 49.4 Å². The van der Waals surface area contributed by atoms with E-state index in [9.17, 15) is 9.59 Å². The van der Waals surface area contributed by atoms with Crippen LogP contribution in [0.15, 0.2) is 61.7 Å². The molecule has 15 heteroatoms. The molecule has 0 aliphatic rings. The van der Waals surface area contributed by atoms with E-state index in [1.165, 1.54) is 52.1 Å². The number of nitrogens with two attached hydrogens (primary N) is 1. The molecule has 44 heavy (non-hydrogen) atoms. The van der Waals surface area contributed by atoms with Crippen LogP contribution in [0.2, 0.25) is 6.32 Å². The van der Waals surface area contributed by atoms with Gasteiger partial charge in [-0.2, -0.15) is 0 Å². The van der Waals surface area contributed by atoms with E-state index in [2.05, 4.69) is 46.8 Å². The highest BCUT2D eigenvalue weighted by molar-refractivity contribution is 8.76. The van der Waals surface area contributed by atoms with Crippen molar-refractivity contribution in [2.75, 3.05) is 44.4 Å². The van der Waals surface area contributed by atoms with E-state index in [0.717, 1.165) is 18.8 Å². The van der Waals surface area contributed by atoms with E-state index < -0.39 is 11.9 Å². The summed E-state index contributed by atoms with van der Waals surface area (Å²) in [5.74, 6) is 1.24. The lowest BCUT2D eigenvalue weighted by Gasteiger charge is -2.07. The molecule has 5 N–H and O–H groups in total. The van der Waals surface area contributed by atoms with Crippen molar-refractivity contribution < 1.29 is 19.1 Å². The number of ether oxygens (including phenoxy) is 2. The van der Waals surface area contributed by atoms with E-state index >= 15 is 0 Å². The number of unbranched alkanes of at least 4 members (excludes halogenated alkanes) is 2. The molecule has 0 saturated carbocycles. The van der Waals surface area contributed by atoms with E-state index in [0.29, 0.717) is 0 Å². The third-order valence-corrected chi connectivity index (χ3v) is 7.48. The van der Waals surface area contributed by atoms with Crippen LogP contribution in [0.4, 0.5) is 0 Å². The highest BCUT2D eigenvalue weighted by Crippen LogP contribution is 2.18. The van der Waals surface area contributed by atoms with Crippen molar-refractivity contribution in [3.63, 3.8) is 0 Å². The van der Waals surface area contributed by atoms with E-state index in [-0.39, 0.29) is 24.3 Å². The number of H-pyrrole nitrogens is 2. The number of aromatic amines is 2. The Morgan fingerprint density at radius 3 is 1.77 bits per heavy atom. The Morgan fingerprint density at radius 1 is 0.886 bits per heavy atom. The molecular weight excluding hydrogens is 593 g/mol. The Labute approximate surface area is 275 Å². The Balaban J connectivity index is 0. The highest BCUT2D eigenvalue weighted by atomic mass is 33.1. The molecular formula is C29H53B3N6O4S2. The summed E-state index contributed by atoms with van der Waals surface area (Å²) in [7, 11) is 8.73. The van der Waals surface area contributed by atoms with Crippen LogP contribution in [-0.4, -0.2) is 98.2 Å². The highest BCUT2D eigenvalue weighted by Gasteiger charge is 2.17. The summed E-state index contributed by atoms with van der Waals surface area (Å²) in [6, 6.07) is 6.44. The molecule has 1 aromatic carbocycles. The van der Waals surface area contributed by atoms with Crippen LogP contribution in [0, 0.1) is 0 Å².